The average Bonchev–Trinajstić information content (AvgIpc) is 3.02. The van der Waals surface area contributed by atoms with E-state index in [-0.39, 0.29) is 6.04 Å². The first-order valence-electron chi connectivity index (χ1n) is 8.73. The minimum absolute atomic E-state index is 0.187. The first-order valence-corrected chi connectivity index (χ1v) is 11.4. The molecule has 8 nitrogen and oxygen atoms in total. The predicted octanol–water partition coefficient (Wildman–Crippen LogP) is 2.40. The second kappa shape index (κ2) is 7.99. The van der Waals surface area contributed by atoms with Crippen LogP contribution in [0.5, 0.6) is 5.75 Å². The molecule has 27 heavy (non-hydrogen) atoms. The molecule has 3 heterocycles. The fraction of sp³-hybridized carbons (Fsp3) is 0.529. The number of aromatic nitrogens is 2. The van der Waals surface area contributed by atoms with E-state index in [1.165, 1.54) is 10.6 Å². The highest BCUT2D eigenvalue weighted by Gasteiger charge is 2.25. The lowest BCUT2D eigenvalue weighted by molar-refractivity contribution is 0.331. The molecule has 10 heteroatoms. The van der Waals surface area contributed by atoms with Crippen molar-refractivity contribution >= 4 is 32.3 Å². The Kier molecular flexibility index (Phi) is 5.87. The third-order valence-electron chi connectivity index (χ3n) is 4.62. The topological polar surface area (TPSA) is 96.5 Å². The molecule has 2 N–H and O–H groups in total. The quantitative estimate of drug-likeness (QED) is 0.753. The number of anilines is 2. The number of hydrogen-bond acceptors (Lipinski definition) is 8. The molecule has 0 aromatic carbocycles. The maximum atomic E-state index is 11.7. The number of piperidine rings is 1. The van der Waals surface area contributed by atoms with Crippen molar-refractivity contribution in [1.29, 1.82) is 0 Å². The Hall–Kier alpha value is -1.91. The molecule has 0 aliphatic carbocycles. The summed E-state index contributed by atoms with van der Waals surface area (Å²) >= 11 is 1.57. The zero-order valence-electron chi connectivity index (χ0n) is 15.9. The molecule has 0 spiro atoms. The molecular weight excluding hydrogens is 386 g/mol. The van der Waals surface area contributed by atoms with Gasteiger partial charge in [0.25, 0.3) is 0 Å². The van der Waals surface area contributed by atoms with Crippen LogP contribution in [-0.2, 0) is 10.0 Å². The summed E-state index contributed by atoms with van der Waals surface area (Å²) in [5.41, 5.74) is 1.88. The van der Waals surface area contributed by atoms with Crippen molar-refractivity contribution in [1.82, 2.24) is 14.3 Å². The van der Waals surface area contributed by atoms with Crippen LogP contribution in [0.3, 0.4) is 0 Å². The summed E-state index contributed by atoms with van der Waals surface area (Å²) in [4.78, 5) is 10.00. The van der Waals surface area contributed by atoms with Crippen LogP contribution in [0.15, 0.2) is 12.3 Å². The second-order valence-electron chi connectivity index (χ2n) is 6.53. The van der Waals surface area contributed by atoms with Gasteiger partial charge in [0, 0.05) is 31.7 Å². The van der Waals surface area contributed by atoms with E-state index in [0.29, 0.717) is 18.8 Å². The summed E-state index contributed by atoms with van der Waals surface area (Å²) in [5, 5.41) is 7.36. The SMILES string of the molecule is CNc1nc(C)c(-c2cc(NC3CCN(S(C)(=O)=O)CC3)ncc2OC)s1. The standard InChI is InChI=1S/C17H25N5O3S2/c1-11-16(26-17(18-2)20-11)13-9-15(19-10-14(13)25-3)21-12-5-7-22(8-6-12)27(4,23)24/h9-10,12H,5-8H2,1-4H3,(H,18,20)(H,19,21). The van der Waals surface area contributed by atoms with Gasteiger partial charge >= 0.3 is 0 Å². The third-order valence-corrected chi connectivity index (χ3v) is 7.13. The maximum absolute atomic E-state index is 11.7. The number of nitrogens with zero attached hydrogens (tertiary/aromatic N) is 3. The van der Waals surface area contributed by atoms with Gasteiger partial charge in [0.05, 0.1) is 30.1 Å². The van der Waals surface area contributed by atoms with Crippen LogP contribution >= 0.6 is 11.3 Å². The number of pyridine rings is 1. The number of hydrogen-bond donors (Lipinski definition) is 2. The highest BCUT2D eigenvalue weighted by atomic mass is 32.2. The lowest BCUT2D eigenvalue weighted by atomic mass is 10.1. The van der Waals surface area contributed by atoms with Crippen molar-refractivity contribution in [3.63, 3.8) is 0 Å². The summed E-state index contributed by atoms with van der Waals surface area (Å²) in [6, 6.07) is 2.16. The van der Waals surface area contributed by atoms with E-state index in [9.17, 15) is 8.42 Å². The lowest BCUT2D eigenvalue weighted by Gasteiger charge is -2.31. The van der Waals surface area contributed by atoms with Crippen molar-refractivity contribution in [2.75, 3.05) is 44.1 Å². The monoisotopic (exact) mass is 411 g/mol. The van der Waals surface area contributed by atoms with Gasteiger partial charge in [-0.3, -0.25) is 0 Å². The number of aryl methyl sites for hydroxylation is 1. The van der Waals surface area contributed by atoms with Gasteiger partial charge in [-0.15, -0.1) is 0 Å². The van der Waals surface area contributed by atoms with E-state index in [4.69, 9.17) is 4.74 Å². The number of rotatable bonds is 6. The van der Waals surface area contributed by atoms with Gasteiger partial charge in [-0.05, 0) is 25.8 Å². The van der Waals surface area contributed by atoms with Gasteiger partial charge in [-0.25, -0.2) is 22.7 Å². The molecule has 0 saturated carbocycles. The van der Waals surface area contributed by atoms with Gasteiger partial charge in [0.2, 0.25) is 10.0 Å². The highest BCUT2D eigenvalue weighted by Crippen LogP contribution is 2.39. The van der Waals surface area contributed by atoms with Crippen molar-refractivity contribution in [2.45, 2.75) is 25.8 Å². The van der Waals surface area contributed by atoms with Crippen LogP contribution in [0.2, 0.25) is 0 Å². The van der Waals surface area contributed by atoms with Crippen molar-refractivity contribution in [3.8, 4) is 16.2 Å². The molecule has 1 fully saturated rings. The normalized spacial score (nSPS) is 16.3. The number of nitrogens with one attached hydrogen (secondary N) is 2. The molecular formula is C17H25N5O3S2. The molecule has 0 unspecified atom stereocenters. The fourth-order valence-electron chi connectivity index (χ4n) is 3.16. The Labute approximate surface area is 164 Å². The zero-order chi connectivity index (χ0) is 19.6. The van der Waals surface area contributed by atoms with E-state index < -0.39 is 10.0 Å². The van der Waals surface area contributed by atoms with E-state index in [1.807, 2.05) is 20.0 Å². The molecule has 148 valence electrons. The number of methoxy groups -OCH3 is 1. The van der Waals surface area contributed by atoms with Crippen LogP contribution in [-0.4, -0.2) is 62.2 Å². The molecule has 2 aromatic heterocycles. The van der Waals surface area contributed by atoms with Crippen LogP contribution in [0.4, 0.5) is 10.9 Å². The largest absolute Gasteiger partial charge is 0.494 e. The Bertz CT molecular complexity index is 905. The Morgan fingerprint density at radius 1 is 1.33 bits per heavy atom. The molecule has 1 saturated heterocycles. The summed E-state index contributed by atoms with van der Waals surface area (Å²) in [6.45, 7) is 3.03. The summed E-state index contributed by atoms with van der Waals surface area (Å²) in [7, 11) is 0.361. The van der Waals surface area contributed by atoms with Gasteiger partial charge in [0.1, 0.15) is 11.6 Å². The molecule has 3 rings (SSSR count). The van der Waals surface area contributed by atoms with Crippen molar-refractivity contribution < 1.29 is 13.2 Å². The first kappa shape index (κ1) is 19.8. The van der Waals surface area contributed by atoms with Crippen LogP contribution in [0.1, 0.15) is 18.5 Å². The Morgan fingerprint density at radius 3 is 2.59 bits per heavy atom. The van der Waals surface area contributed by atoms with E-state index in [0.717, 1.165) is 39.9 Å². The lowest BCUT2D eigenvalue weighted by Crippen LogP contribution is -2.41. The molecule has 1 aliphatic rings. The van der Waals surface area contributed by atoms with E-state index in [2.05, 4.69) is 20.6 Å². The summed E-state index contributed by atoms with van der Waals surface area (Å²) < 4.78 is 30.3. The van der Waals surface area contributed by atoms with Crippen LogP contribution < -0.4 is 15.4 Å². The Morgan fingerprint density at radius 2 is 2.04 bits per heavy atom. The number of ether oxygens (including phenoxy) is 1. The fourth-order valence-corrected chi connectivity index (χ4v) is 4.97. The van der Waals surface area contributed by atoms with Crippen molar-refractivity contribution in [2.24, 2.45) is 0 Å². The van der Waals surface area contributed by atoms with Crippen LogP contribution in [0.25, 0.3) is 10.4 Å². The van der Waals surface area contributed by atoms with Gasteiger partial charge in [-0.2, -0.15) is 0 Å². The van der Waals surface area contributed by atoms with Gasteiger partial charge in [0.15, 0.2) is 5.13 Å². The minimum Gasteiger partial charge on any atom is -0.494 e. The first-order chi connectivity index (χ1) is 12.8. The zero-order valence-corrected chi connectivity index (χ0v) is 17.6. The molecule has 2 aromatic rings. The van der Waals surface area contributed by atoms with Crippen LogP contribution in [0, 0.1) is 6.92 Å². The maximum Gasteiger partial charge on any atom is 0.211 e. The van der Waals surface area contributed by atoms with E-state index in [1.54, 1.807) is 24.6 Å². The smallest absolute Gasteiger partial charge is 0.211 e. The number of sulfonamides is 1. The predicted molar refractivity (Wildman–Crippen MR) is 109 cm³/mol. The Balaban J connectivity index is 1.79. The third kappa shape index (κ3) is 4.50. The molecule has 0 amide bonds. The molecule has 0 radical (unpaired) electrons. The second-order valence-corrected chi connectivity index (χ2v) is 9.52. The molecule has 0 atom stereocenters. The summed E-state index contributed by atoms with van der Waals surface area (Å²) in [6.07, 6.45) is 4.47. The molecule has 0 bridgehead atoms. The molecule has 1 aliphatic heterocycles. The average molecular weight is 412 g/mol. The summed E-state index contributed by atoms with van der Waals surface area (Å²) in [5.74, 6) is 1.45. The van der Waals surface area contributed by atoms with Crippen molar-refractivity contribution in [3.05, 3.63) is 18.0 Å². The minimum atomic E-state index is -3.12. The highest BCUT2D eigenvalue weighted by molar-refractivity contribution is 7.88. The van der Waals surface area contributed by atoms with Gasteiger partial charge in [-0.1, -0.05) is 11.3 Å². The van der Waals surface area contributed by atoms with Gasteiger partial charge < -0.3 is 15.4 Å². The number of thiazole rings is 1. The van der Waals surface area contributed by atoms with E-state index >= 15 is 0 Å².